The summed E-state index contributed by atoms with van der Waals surface area (Å²) in [6.45, 7) is 3.61. The fraction of sp³-hybridized carbons (Fsp3) is 0.448. The molecule has 0 bridgehead atoms. The smallest absolute Gasteiger partial charge is 0.270 e. The molecule has 2 saturated carbocycles. The van der Waals surface area contributed by atoms with Crippen LogP contribution in [0.5, 0.6) is 5.75 Å². The SMILES string of the molecule is CC1CCC(CNC(=C2CCC2)c2cc(C(=O)NCc3ccc4c(c3)NC(=O)CO4)nc3ccnn23)CC1. The monoisotopic (exact) mass is 514 g/mol. The number of aromatic nitrogens is 3. The Hall–Kier alpha value is -3.88. The van der Waals surface area contributed by atoms with E-state index in [9.17, 15) is 9.59 Å². The van der Waals surface area contributed by atoms with Crippen LogP contribution < -0.4 is 20.7 Å². The van der Waals surface area contributed by atoms with Crippen LogP contribution in [-0.2, 0) is 11.3 Å². The van der Waals surface area contributed by atoms with E-state index in [1.165, 1.54) is 37.7 Å². The molecule has 3 aliphatic rings. The fourth-order valence-electron chi connectivity index (χ4n) is 5.50. The lowest BCUT2D eigenvalue weighted by Crippen LogP contribution is -2.29. The molecule has 0 atom stereocenters. The number of anilines is 1. The molecule has 0 unspecified atom stereocenters. The maximum atomic E-state index is 13.3. The van der Waals surface area contributed by atoms with E-state index in [-0.39, 0.29) is 18.4 Å². The first-order valence-corrected chi connectivity index (χ1v) is 13.7. The maximum Gasteiger partial charge on any atom is 0.270 e. The zero-order valence-corrected chi connectivity index (χ0v) is 21.8. The van der Waals surface area contributed by atoms with Crippen molar-refractivity contribution in [2.45, 2.75) is 58.4 Å². The number of rotatable bonds is 7. The van der Waals surface area contributed by atoms with Gasteiger partial charge in [-0.3, -0.25) is 9.59 Å². The molecule has 2 amide bonds. The van der Waals surface area contributed by atoms with Gasteiger partial charge in [0.25, 0.3) is 11.8 Å². The van der Waals surface area contributed by atoms with Crippen molar-refractivity contribution in [2.24, 2.45) is 11.8 Å². The minimum absolute atomic E-state index is 0.0149. The Morgan fingerprint density at radius 1 is 1.13 bits per heavy atom. The van der Waals surface area contributed by atoms with Crippen molar-refractivity contribution < 1.29 is 14.3 Å². The molecule has 38 heavy (non-hydrogen) atoms. The molecular weight excluding hydrogens is 480 g/mol. The Kier molecular flexibility index (Phi) is 6.74. The number of nitrogens with zero attached hydrogens (tertiary/aromatic N) is 3. The Labute approximate surface area is 222 Å². The molecule has 2 aliphatic carbocycles. The van der Waals surface area contributed by atoms with Gasteiger partial charge in [-0.05, 0) is 73.3 Å². The third-order valence-electron chi connectivity index (χ3n) is 7.99. The number of ether oxygens (including phenoxy) is 1. The summed E-state index contributed by atoms with van der Waals surface area (Å²) in [5.74, 6) is 1.68. The number of allylic oxidation sites excluding steroid dienone is 1. The van der Waals surface area contributed by atoms with Gasteiger partial charge in [0.05, 0.1) is 23.3 Å². The summed E-state index contributed by atoms with van der Waals surface area (Å²) in [4.78, 5) is 29.5. The minimum atomic E-state index is -0.257. The van der Waals surface area contributed by atoms with Crippen molar-refractivity contribution in [1.29, 1.82) is 0 Å². The van der Waals surface area contributed by atoms with Crippen molar-refractivity contribution in [3.63, 3.8) is 0 Å². The van der Waals surface area contributed by atoms with E-state index in [1.54, 1.807) is 12.3 Å². The molecule has 9 nitrogen and oxygen atoms in total. The van der Waals surface area contributed by atoms with E-state index in [0.717, 1.165) is 42.3 Å². The second-order valence-corrected chi connectivity index (χ2v) is 10.8. The Morgan fingerprint density at radius 2 is 1.97 bits per heavy atom. The third kappa shape index (κ3) is 5.10. The summed E-state index contributed by atoms with van der Waals surface area (Å²) >= 11 is 0. The van der Waals surface area contributed by atoms with Gasteiger partial charge in [-0.2, -0.15) is 5.10 Å². The number of carbonyl (C=O) groups is 2. The average molecular weight is 515 g/mol. The lowest BCUT2D eigenvalue weighted by Gasteiger charge is -2.29. The summed E-state index contributed by atoms with van der Waals surface area (Å²) in [5.41, 5.74) is 5.85. The highest BCUT2D eigenvalue weighted by Gasteiger charge is 2.24. The molecule has 0 radical (unpaired) electrons. The van der Waals surface area contributed by atoms with Crippen LogP contribution >= 0.6 is 0 Å². The van der Waals surface area contributed by atoms with E-state index in [2.05, 4.69) is 33.0 Å². The first-order valence-electron chi connectivity index (χ1n) is 13.7. The van der Waals surface area contributed by atoms with Gasteiger partial charge in [-0.25, -0.2) is 9.50 Å². The molecule has 6 rings (SSSR count). The van der Waals surface area contributed by atoms with E-state index < -0.39 is 0 Å². The van der Waals surface area contributed by atoms with Gasteiger partial charge in [0.1, 0.15) is 11.4 Å². The number of amides is 2. The summed E-state index contributed by atoms with van der Waals surface area (Å²) in [6.07, 6.45) is 10.2. The summed E-state index contributed by atoms with van der Waals surface area (Å²) < 4.78 is 7.26. The van der Waals surface area contributed by atoms with Gasteiger partial charge in [0, 0.05) is 19.2 Å². The van der Waals surface area contributed by atoms with Crippen molar-refractivity contribution in [3.8, 4) is 5.75 Å². The molecule has 2 fully saturated rings. The number of hydrogen-bond acceptors (Lipinski definition) is 6. The van der Waals surface area contributed by atoms with Gasteiger partial charge in [-0.1, -0.05) is 25.8 Å². The van der Waals surface area contributed by atoms with E-state index in [4.69, 9.17) is 4.74 Å². The van der Waals surface area contributed by atoms with Gasteiger partial charge in [-0.15, -0.1) is 0 Å². The summed E-state index contributed by atoms with van der Waals surface area (Å²) in [7, 11) is 0. The van der Waals surface area contributed by atoms with Crippen LogP contribution in [0.25, 0.3) is 11.3 Å². The molecule has 0 saturated heterocycles. The van der Waals surface area contributed by atoms with Gasteiger partial charge in [0.15, 0.2) is 12.3 Å². The second-order valence-electron chi connectivity index (χ2n) is 10.8. The zero-order chi connectivity index (χ0) is 26.1. The quantitative estimate of drug-likeness (QED) is 0.434. The number of carbonyl (C=O) groups excluding carboxylic acids is 2. The van der Waals surface area contributed by atoms with E-state index in [0.29, 0.717) is 35.2 Å². The Morgan fingerprint density at radius 3 is 2.76 bits per heavy atom. The molecule has 3 N–H and O–H groups in total. The first-order chi connectivity index (χ1) is 18.5. The van der Waals surface area contributed by atoms with Crippen LogP contribution in [-0.4, -0.2) is 39.6 Å². The van der Waals surface area contributed by atoms with Gasteiger partial charge in [0.2, 0.25) is 0 Å². The highest BCUT2D eigenvalue weighted by molar-refractivity contribution is 5.96. The number of nitrogens with one attached hydrogen (secondary N) is 3. The molecule has 1 aromatic carbocycles. The lowest BCUT2D eigenvalue weighted by molar-refractivity contribution is -0.118. The highest BCUT2D eigenvalue weighted by Crippen LogP contribution is 2.34. The normalized spacial score (nSPS) is 20.7. The molecule has 0 spiro atoms. The van der Waals surface area contributed by atoms with Crippen LogP contribution in [0.3, 0.4) is 0 Å². The Bertz CT molecular complexity index is 1400. The molecule has 2 aromatic heterocycles. The predicted molar refractivity (Wildman–Crippen MR) is 145 cm³/mol. The van der Waals surface area contributed by atoms with Crippen molar-refractivity contribution >= 4 is 28.8 Å². The Balaban J connectivity index is 1.21. The minimum Gasteiger partial charge on any atom is -0.482 e. The van der Waals surface area contributed by atoms with Crippen LogP contribution in [0.1, 0.15) is 73.6 Å². The van der Waals surface area contributed by atoms with Crippen LogP contribution in [0, 0.1) is 11.8 Å². The third-order valence-corrected chi connectivity index (χ3v) is 7.99. The van der Waals surface area contributed by atoms with Crippen molar-refractivity contribution in [2.75, 3.05) is 18.5 Å². The van der Waals surface area contributed by atoms with Gasteiger partial charge >= 0.3 is 0 Å². The standard InChI is InChI=1S/C29H34N6O3/c1-18-5-7-19(8-6-18)15-30-28(21-3-2-4-21)24-14-23(33-26-11-12-32-35(24)26)29(37)31-16-20-9-10-25-22(13-20)34-27(36)17-38-25/h9-14,18-19,30H,2-8,15-17H2,1H3,(H,31,37)(H,34,36). The number of hydrogen-bond donors (Lipinski definition) is 3. The second kappa shape index (κ2) is 10.5. The highest BCUT2D eigenvalue weighted by atomic mass is 16.5. The van der Waals surface area contributed by atoms with E-state index in [1.807, 2.05) is 28.8 Å². The molecule has 198 valence electrons. The first kappa shape index (κ1) is 24.5. The summed E-state index contributed by atoms with van der Waals surface area (Å²) in [6, 6.07) is 9.19. The summed E-state index contributed by atoms with van der Waals surface area (Å²) in [5, 5.41) is 14.1. The van der Waals surface area contributed by atoms with Crippen LogP contribution in [0.4, 0.5) is 5.69 Å². The average Bonchev–Trinajstić information content (AvgIpc) is 3.37. The van der Waals surface area contributed by atoms with E-state index >= 15 is 0 Å². The molecule has 9 heteroatoms. The van der Waals surface area contributed by atoms with Crippen LogP contribution in [0.15, 0.2) is 42.1 Å². The molecule has 3 heterocycles. The number of benzene rings is 1. The van der Waals surface area contributed by atoms with Crippen LogP contribution in [0.2, 0.25) is 0 Å². The molecule has 1 aliphatic heterocycles. The van der Waals surface area contributed by atoms with Crippen molar-refractivity contribution in [1.82, 2.24) is 25.2 Å². The maximum absolute atomic E-state index is 13.3. The largest absolute Gasteiger partial charge is 0.482 e. The van der Waals surface area contributed by atoms with Crippen molar-refractivity contribution in [3.05, 3.63) is 59.1 Å². The van der Waals surface area contributed by atoms with Gasteiger partial charge < -0.3 is 20.7 Å². The zero-order valence-electron chi connectivity index (χ0n) is 21.8. The molecule has 3 aromatic rings. The number of fused-ring (bicyclic) bond motifs is 2. The molecular formula is C29H34N6O3. The topological polar surface area (TPSA) is 110 Å². The predicted octanol–water partition coefficient (Wildman–Crippen LogP) is 4.30. The lowest BCUT2D eigenvalue weighted by atomic mass is 9.83. The fourth-order valence-corrected chi connectivity index (χ4v) is 5.50.